The van der Waals surface area contributed by atoms with Crippen LogP contribution in [0.5, 0.6) is 0 Å². The van der Waals surface area contributed by atoms with Crippen molar-refractivity contribution in [1.82, 2.24) is 9.88 Å². The zero-order valence-corrected chi connectivity index (χ0v) is 16.1. The number of pyridine rings is 1. The summed E-state index contributed by atoms with van der Waals surface area (Å²) < 4.78 is 5.85. The number of carbonyl (C=O) groups is 1. The molecule has 0 aliphatic carbocycles. The van der Waals surface area contributed by atoms with E-state index in [1.54, 1.807) is 54.9 Å². The molecule has 0 spiro atoms. The molecule has 0 saturated heterocycles. The van der Waals surface area contributed by atoms with Gasteiger partial charge < -0.3 is 9.32 Å². The number of nitrogens with zero attached hydrogens (tertiary/aromatic N) is 3. The number of non-ortho nitro benzene ring substituents is 1. The van der Waals surface area contributed by atoms with E-state index < -0.39 is 16.9 Å². The first-order valence-electron chi connectivity index (χ1n) is 9.54. The maximum absolute atomic E-state index is 13.4. The Morgan fingerprint density at radius 1 is 1.06 bits per heavy atom. The summed E-state index contributed by atoms with van der Waals surface area (Å²) in [5, 5.41) is 11.7. The molecule has 4 aromatic rings. The maximum Gasteiger partial charge on any atom is 0.291 e. The minimum atomic E-state index is -0.816. The molecule has 8 heteroatoms. The van der Waals surface area contributed by atoms with E-state index in [0.29, 0.717) is 16.5 Å². The van der Waals surface area contributed by atoms with E-state index in [-0.39, 0.29) is 29.0 Å². The van der Waals surface area contributed by atoms with Crippen molar-refractivity contribution in [3.05, 3.63) is 116 Å². The van der Waals surface area contributed by atoms with Gasteiger partial charge in [0.1, 0.15) is 5.58 Å². The molecule has 5 rings (SSSR count). The van der Waals surface area contributed by atoms with E-state index in [4.69, 9.17) is 4.42 Å². The number of benzene rings is 2. The molecule has 1 unspecified atom stereocenters. The van der Waals surface area contributed by atoms with Crippen LogP contribution in [-0.4, -0.2) is 20.7 Å². The zero-order valence-electron chi connectivity index (χ0n) is 16.1. The standard InChI is InChI=1S/C23H15N3O5/c27-21-17-8-1-2-9-18(17)31-22-19(21)20(15-6-3-7-16(11-15)26(29)30)25(23(22)28)13-14-5-4-10-24-12-14/h1-12,20H,13H2. The summed E-state index contributed by atoms with van der Waals surface area (Å²) in [6.45, 7) is 0.167. The van der Waals surface area contributed by atoms with Gasteiger partial charge in [0.15, 0.2) is 5.43 Å². The van der Waals surface area contributed by atoms with Crippen LogP contribution in [0.3, 0.4) is 0 Å². The van der Waals surface area contributed by atoms with Gasteiger partial charge in [0.2, 0.25) is 5.76 Å². The lowest BCUT2D eigenvalue weighted by Gasteiger charge is -2.25. The molecule has 1 atom stereocenters. The van der Waals surface area contributed by atoms with E-state index in [1.807, 2.05) is 6.07 Å². The Hall–Kier alpha value is -4.33. The first-order valence-corrected chi connectivity index (χ1v) is 9.54. The van der Waals surface area contributed by atoms with Crippen molar-refractivity contribution in [2.75, 3.05) is 0 Å². The quantitative estimate of drug-likeness (QED) is 0.372. The fourth-order valence-corrected chi connectivity index (χ4v) is 3.97. The molecule has 0 radical (unpaired) electrons. The number of amides is 1. The second-order valence-corrected chi connectivity index (χ2v) is 7.22. The fraction of sp³-hybridized carbons (Fsp3) is 0.0870. The highest BCUT2D eigenvalue weighted by Crippen LogP contribution is 2.39. The molecule has 1 amide bonds. The van der Waals surface area contributed by atoms with Crippen LogP contribution in [0.2, 0.25) is 0 Å². The Kier molecular flexibility index (Phi) is 4.32. The van der Waals surface area contributed by atoms with Gasteiger partial charge in [-0.15, -0.1) is 0 Å². The molecule has 2 aromatic carbocycles. The molecule has 0 N–H and O–H groups in total. The highest BCUT2D eigenvalue weighted by atomic mass is 16.6. The van der Waals surface area contributed by atoms with Crippen LogP contribution < -0.4 is 5.43 Å². The molecule has 3 heterocycles. The number of fused-ring (bicyclic) bond motifs is 2. The van der Waals surface area contributed by atoms with E-state index in [2.05, 4.69) is 4.98 Å². The van der Waals surface area contributed by atoms with Crippen LogP contribution in [0.25, 0.3) is 11.0 Å². The predicted octanol–water partition coefficient (Wildman–Crippen LogP) is 3.84. The third-order valence-corrected chi connectivity index (χ3v) is 5.35. The maximum atomic E-state index is 13.4. The smallest absolute Gasteiger partial charge is 0.291 e. The van der Waals surface area contributed by atoms with E-state index in [9.17, 15) is 19.7 Å². The Balaban J connectivity index is 1.74. The molecule has 0 saturated carbocycles. The minimum Gasteiger partial charge on any atom is -0.450 e. The highest BCUT2D eigenvalue weighted by Gasteiger charge is 2.43. The lowest BCUT2D eigenvalue weighted by molar-refractivity contribution is -0.384. The topological polar surface area (TPSA) is 107 Å². The van der Waals surface area contributed by atoms with Gasteiger partial charge >= 0.3 is 0 Å². The predicted molar refractivity (Wildman–Crippen MR) is 112 cm³/mol. The van der Waals surface area contributed by atoms with Crippen LogP contribution in [0.1, 0.15) is 33.3 Å². The first kappa shape index (κ1) is 18.7. The molecule has 0 bridgehead atoms. The Morgan fingerprint density at radius 2 is 1.90 bits per heavy atom. The molecule has 1 aliphatic rings. The van der Waals surface area contributed by atoms with Crippen molar-refractivity contribution in [3.8, 4) is 0 Å². The van der Waals surface area contributed by atoms with Crippen molar-refractivity contribution in [3.63, 3.8) is 0 Å². The number of nitro benzene ring substituents is 1. The molecule has 8 nitrogen and oxygen atoms in total. The largest absolute Gasteiger partial charge is 0.450 e. The number of hydrogen-bond acceptors (Lipinski definition) is 6. The number of para-hydroxylation sites is 1. The summed E-state index contributed by atoms with van der Waals surface area (Å²) in [7, 11) is 0. The van der Waals surface area contributed by atoms with Crippen molar-refractivity contribution in [1.29, 1.82) is 0 Å². The lowest BCUT2D eigenvalue weighted by Crippen LogP contribution is -2.29. The average Bonchev–Trinajstić information content (AvgIpc) is 3.06. The molecule has 2 aromatic heterocycles. The van der Waals surface area contributed by atoms with Gasteiger partial charge in [-0.3, -0.25) is 24.7 Å². The third kappa shape index (κ3) is 3.05. The Bertz CT molecular complexity index is 1400. The van der Waals surface area contributed by atoms with E-state index >= 15 is 0 Å². The lowest BCUT2D eigenvalue weighted by atomic mass is 9.98. The van der Waals surface area contributed by atoms with Gasteiger partial charge in [-0.05, 0) is 29.3 Å². The van der Waals surface area contributed by atoms with Crippen molar-refractivity contribution >= 4 is 22.6 Å². The second kappa shape index (κ2) is 7.17. The summed E-state index contributed by atoms with van der Waals surface area (Å²) in [6.07, 6.45) is 3.26. The van der Waals surface area contributed by atoms with Crippen LogP contribution in [0, 0.1) is 10.1 Å². The van der Waals surface area contributed by atoms with Gasteiger partial charge in [-0.1, -0.05) is 30.3 Å². The van der Waals surface area contributed by atoms with E-state index in [0.717, 1.165) is 5.56 Å². The van der Waals surface area contributed by atoms with Crippen LogP contribution >= 0.6 is 0 Å². The van der Waals surface area contributed by atoms with Gasteiger partial charge in [0.25, 0.3) is 11.6 Å². The SMILES string of the molecule is O=C1c2oc3ccccc3c(=O)c2C(c2cccc([N+](=O)[O-])c2)N1Cc1cccnc1. The Labute approximate surface area is 175 Å². The molecular formula is C23H15N3O5. The first-order chi connectivity index (χ1) is 15.0. The zero-order chi connectivity index (χ0) is 21.5. The number of hydrogen-bond donors (Lipinski definition) is 0. The van der Waals surface area contributed by atoms with E-state index in [1.165, 1.54) is 17.0 Å². The molecule has 152 valence electrons. The highest BCUT2D eigenvalue weighted by molar-refractivity contribution is 5.99. The molecular weight excluding hydrogens is 398 g/mol. The van der Waals surface area contributed by atoms with Gasteiger partial charge in [-0.25, -0.2) is 0 Å². The third-order valence-electron chi connectivity index (χ3n) is 5.35. The number of nitro groups is 1. The summed E-state index contributed by atoms with van der Waals surface area (Å²) >= 11 is 0. The average molecular weight is 413 g/mol. The molecule has 31 heavy (non-hydrogen) atoms. The van der Waals surface area contributed by atoms with Crippen molar-refractivity contribution in [2.24, 2.45) is 0 Å². The minimum absolute atomic E-state index is 0.0379. The van der Waals surface area contributed by atoms with Crippen molar-refractivity contribution < 1.29 is 14.1 Å². The monoisotopic (exact) mass is 413 g/mol. The normalized spacial score (nSPS) is 15.3. The van der Waals surface area contributed by atoms with Gasteiger partial charge in [0, 0.05) is 31.1 Å². The summed E-state index contributed by atoms with van der Waals surface area (Å²) in [5.41, 5.74) is 1.29. The van der Waals surface area contributed by atoms with Gasteiger partial charge in [-0.2, -0.15) is 0 Å². The van der Waals surface area contributed by atoms with Crippen LogP contribution in [-0.2, 0) is 6.54 Å². The van der Waals surface area contributed by atoms with Crippen LogP contribution in [0.15, 0.2) is 82.3 Å². The van der Waals surface area contributed by atoms with Gasteiger partial charge in [0.05, 0.1) is 21.9 Å². The Morgan fingerprint density at radius 3 is 2.68 bits per heavy atom. The summed E-state index contributed by atoms with van der Waals surface area (Å²) in [6, 6.07) is 15.4. The summed E-state index contributed by atoms with van der Waals surface area (Å²) in [5.74, 6) is -0.484. The number of carbonyl (C=O) groups excluding carboxylic acids is 1. The number of aromatic nitrogens is 1. The number of rotatable bonds is 4. The summed E-state index contributed by atoms with van der Waals surface area (Å²) in [4.78, 5) is 43.1. The van der Waals surface area contributed by atoms with Crippen molar-refractivity contribution in [2.45, 2.75) is 12.6 Å². The second-order valence-electron chi connectivity index (χ2n) is 7.22. The molecule has 1 aliphatic heterocycles. The van der Waals surface area contributed by atoms with Crippen LogP contribution in [0.4, 0.5) is 5.69 Å². The fourth-order valence-electron chi connectivity index (χ4n) is 3.97. The molecule has 0 fully saturated rings.